The summed E-state index contributed by atoms with van der Waals surface area (Å²) in [5.41, 5.74) is -2.30. The highest BCUT2D eigenvalue weighted by Crippen LogP contribution is 2.41. The molecule has 0 saturated heterocycles. The number of halogens is 7. The number of alkyl halides is 5. The number of amides is 3. The number of benzene rings is 2. The van der Waals surface area contributed by atoms with E-state index >= 15 is 0 Å². The minimum absolute atomic E-state index is 0.0145. The number of ether oxygens (including phenoxy) is 1. The Labute approximate surface area is 256 Å². The van der Waals surface area contributed by atoms with Crippen molar-refractivity contribution in [3.05, 3.63) is 80.9 Å². The molecule has 15 heteroatoms. The zero-order chi connectivity index (χ0) is 31.9. The molecule has 8 nitrogen and oxygen atoms in total. The number of rotatable bonds is 11. The molecule has 1 unspecified atom stereocenters. The Morgan fingerprint density at radius 3 is 2.21 bits per heavy atom. The smallest absolute Gasteiger partial charge is 0.402 e. The van der Waals surface area contributed by atoms with Crippen molar-refractivity contribution in [2.24, 2.45) is 5.41 Å². The largest absolute Gasteiger partial charge is 0.471 e. The van der Waals surface area contributed by atoms with E-state index in [9.17, 15) is 36.3 Å². The molecule has 0 aliphatic carbocycles. The number of pyridine rings is 1. The van der Waals surface area contributed by atoms with Crippen LogP contribution < -0.4 is 20.7 Å². The normalized spacial score (nSPS) is 12.8. The number of aromatic nitrogens is 1. The fraction of sp³-hybridized carbons (Fsp3) is 0.286. The van der Waals surface area contributed by atoms with Gasteiger partial charge in [-0.15, -0.1) is 0 Å². The Hall–Kier alpha value is -3.78. The first-order chi connectivity index (χ1) is 20.1. The van der Waals surface area contributed by atoms with E-state index in [1.54, 1.807) is 24.3 Å². The zero-order valence-electron chi connectivity index (χ0n) is 22.6. The third-order valence-corrected chi connectivity index (χ3v) is 7.22. The van der Waals surface area contributed by atoms with Gasteiger partial charge in [0.15, 0.2) is 6.61 Å². The van der Waals surface area contributed by atoms with Crippen molar-refractivity contribution >= 4 is 56.6 Å². The second-order valence-electron chi connectivity index (χ2n) is 9.37. The lowest BCUT2D eigenvalue weighted by atomic mass is 9.85. The Bertz CT molecular complexity index is 1490. The Morgan fingerprint density at radius 2 is 1.60 bits per heavy atom. The van der Waals surface area contributed by atoms with Crippen molar-refractivity contribution in [1.82, 2.24) is 10.3 Å². The predicted octanol–water partition coefficient (Wildman–Crippen LogP) is 7.24. The maximum atomic E-state index is 13.4. The van der Waals surface area contributed by atoms with E-state index in [0.717, 1.165) is 17.6 Å². The molecule has 0 fully saturated rings. The molecule has 43 heavy (non-hydrogen) atoms. The summed E-state index contributed by atoms with van der Waals surface area (Å²) >= 11 is 9.46. The van der Waals surface area contributed by atoms with E-state index in [0.29, 0.717) is 5.69 Å². The van der Waals surface area contributed by atoms with Crippen LogP contribution in [0, 0.1) is 5.41 Å². The summed E-state index contributed by atoms with van der Waals surface area (Å²) in [5, 5.41) is 7.30. The third kappa shape index (κ3) is 8.63. The van der Waals surface area contributed by atoms with Gasteiger partial charge in [-0.3, -0.25) is 14.4 Å². The lowest BCUT2D eigenvalue weighted by Gasteiger charge is -2.29. The minimum atomic E-state index is -4.76. The summed E-state index contributed by atoms with van der Waals surface area (Å²) in [6, 6.07) is 11.7. The number of nitrogens with zero attached hydrogens (tertiary/aromatic N) is 1. The van der Waals surface area contributed by atoms with Crippen molar-refractivity contribution in [3.8, 4) is 5.88 Å². The summed E-state index contributed by atoms with van der Waals surface area (Å²) in [5.74, 6) is -3.17. The van der Waals surface area contributed by atoms with Crippen LogP contribution in [0.25, 0.3) is 0 Å². The van der Waals surface area contributed by atoms with Crippen molar-refractivity contribution < 1.29 is 41.1 Å². The maximum Gasteiger partial charge on any atom is 0.402 e. The summed E-state index contributed by atoms with van der Waals surface area (Å²) < 4.78 is 71.5. The summed E-state index contributed by atoms with van der Waals surface area (Å²) in [4.78, 5) is 42.3. The van der Waals surface area contributed by atoms with Gasteiger partial charge in [-0.1, -0.05) is 40.5 Å². The van der Waals surface area contributed by atoms with E-state index in [4.69, 9.17) is 16.3 Å². The Morgan fingerprint density at radius 1 is 0.977 bits per heavy atom. The highest BCUT2D eigenvalue weighted by atomic mass is 79.9. The second kappa shape index (κ2) is 14.1. The molecular formula is C28H25BrClF5N4O4. The van der Waals surface area contributed by atoms with Crippen LogP contribution in [0.2, 0.25) is 5.02 Å². The predicted molar refractivity (Wildman–Crippen MR) is 154 cm³/mol. The Balaban J connectivity index is 1.81. The summed E-state index contributed by atoms with van der Waals surface area (Å²) in [6.45, 7) is 0.699. The molecule has 3 aromatic rings. The average Bonchev–Trinajstić information content (AvgIpc) is 2.95. The molecule has 2 aromatic carbocycles. The van der Waals surface area contributed by atoms with Crippen LogP contribution in [0.5, 0.6) is 5.88 Å². The quantitative estimate of drug-likeness (QED) is 0.184. The molecule has 0 bridgehead atoms. The van der Waals surface area contributed by atoms with Gasteiger partial charge < -0.3 is 20.7 Å². The van der Waals surface area contributed by atoms with E-state index in [-0.39, 0.29) is 33.9 Å². The lowest BCUT2D eigenvalue weighted by Crippen LogP contribution is -2.48. The minimum Gasteiger partial charge on any atom is -0.471 e. The lowest BCUT2D eigenvalue weighted by molar-refractivity contribution is -0.217. The molecule has 0 radical (unpaired) electrons. The molecule has 230 valence electrons. The molecule has 0 spiro atoms. The van der Waals surface area contributed by atoms with E-state index < -0.39 is 54.6 Å². The van der Waals surface area contributed by atoms with Crippen molar-refractivity contribution in [3.63, 3.8) is 0 Å². The topological polar surface area (TPSA) is 109 Å². The molecule has 3 rings (SSSR count). The molecular weight excluding hydrogens is 667 g/mol. The summed E-state index contributed by atoms with van der Waals surface area (Å²) in [7, 11) is 0. The van der Waals surface area contributed by atoms with E-state index in [2.05, 4.69) is 36.9 Å². The first-order valence-corrected chi connectivity index (χ1v) is 13.7. The summed E-state index contributed by atoms with van der Waals surface area (Å²) in [6.07, 6.45) is -7.00. The van der Waals surface area contributed by atoms with Gasteiger partial charge in [0, 0.05) is 16.7 Å². The first kappa shape index (κ1) is 33.7. The molecule has 3 amide bonds. The molecule has 1 aromatic heterocycles. The van der Waals surface area contributed by atoms with Crippen LogP contribution >= 0.6 is 27.5 Å². The number of hydrogen-bond acceptors (Lipinski definition) is 5. The van der Waals surface area contributed by atoms with Gasteiger partial charge in [-0.2, -0.15) is 13.2 Å². The van der Waals surface area contributed by atoms with Gasteiger partial charge in [0.25, 0.3) is 18.2 Å². The van der Waals surface area contributed by atoms with E-state index in [1.165, 1.54) is 31.2 Å². The number of hydrogen-bond donors (Lipinski definition) is 3. The highest BCUT2D eigenvalue weighted by Gasteiger charge is 2.55. The maximum absolute atomic E-state index is 13.4. The zero-order valence-corrected chi connectivity index (χ0v) is 25.0. The van der Waals surface area contributed by atoms with Crippen molar-refractivity contribution in [1.29, 1.82) is 0 Å². The molecule has 3 N–H and O–H groups in total. The SMILES string of the molecule is CCC(C)(C(=O)NCc1ccc(Cl)c(C(=O)Nc2cnc(OCC(F)F)c(C(=O)Nc3ccc(Br)cc3)c2)c1)C(F)(F)F. The fourth-order valence-corrected chi connectivity index (χ4v) is 4.06. The van der Waals surface area contributed by atoms with Crippen LogP contribution in [0.4, 0.5) is 33.3 Å². The van der Waals surface area contributed by atoms with Gasteiger partial charge in [0.2, 0.25) is 11.8 Å². The number of nitrogens with one attached hydrogen (secondary N) is 3. The van der Waals surface area contributed by atoms with Crippen LogP contribution in [0.15, 0.2) is 59.2 Å². The molecule has 0 saturated carbocycles. The number of carbonyl (C=O) groups is 3. The standard InChI is InChI=1S/C28H25BrClF5N4O4/c1-3-27(2,28(33,34)35)26(42)37-12-15-4-9-21(30)19(10-15)23(40)39-18-11-20(25(36-13-18)43-14-22(31)32)24(41)38-17-7-5-16(29)6-8-17/h4-11,13,22H,3,12,14H2,1-2H3,(H,37,42)(H,38,41)(H,39,40). The van der Waals surface area contributed by atoms with Gasteiger partial charge in [0.05, 0.1) is 22.5 Å². The highest BCUT2D eigenvalue weighted by molar-refractivity contribution is 9.10. The molecule has 1 atom stereocenters. The van der Waals surface area contributed by atoms with Crippen LogP contribution in [0.1, 0.15) is 46.5 Å². The molecule has 0 aliphatic heterocycles. The molecule has 0 aliphatic rings. The number of anilines is 2. The van der Waals surface area contributed by atoms with Crippen molar-refractivity contribution in [2.45, 2.75) is 39.4 Å². The van der Waals surface area contributed by atoms with Gasteiger partial charge in [0.1, 0.15) is 11.0 Å². The monoisotopic (exact) mass is 690 g/mol. The van der Waals surface area contributed by atoms with E-state index in [1.807, 2.05) is 0 Å². The Kier molecular flexibility index (Phi) is 11.1. The number of carbonyl (C=O) groups excluding carboxylic acids is 3. The molecule has 1 heterocycles. The van der Waals surface area contributed by atoms with Gasteiger partial charge >= 0.3 is 6.18 Å². The average molecular weight is 692 g/mol. The van der Waals surface area contributed by atoms with Crippen LogP contribution in [-0.4, -0.2) is 41.9 Å². The van der Waals surface area contributed by atoms with Gasteiger partial charge in [-0.25, -0.2) is 13.8 Å². The fourth-order valence-electron chi connectivity index (χ4n) is 3.59. The van der Waals surface area contributed by atoms with Crippen molar-refractivity contribution in [2.75, 3.05) is 17.2 Å². The first-order valence-electron chi connectivity index (χ1n) is 12.6. The van der Waals surface area contributed by atoms with Crippen LogP contribution in [0.3, 0.4) is 0 Å². The third-order valence-electron chi connectivity index (χ3n) is 6.36. The second-order valence-corrected chi connectivity index (χ2v) is 10.7. The van der Waals surface area contributed by atoms with Gasteiger partial charge in [-0.05, 0) is 61.4 Å². The van der Waals surface area contributed by atoms with Crippen LogP contribution in [-0.2, 0) is 11.3 Å².